The predicted molar refractivity (Wildman–Crippen MR) is 134 cm³/mol. The van der Waals surface area contributed by atoms with E-state index in [2.05, 4.69) is 17.2 Å². The van der Waals surface area contributed by atoms with Gasteiger partial charge in [-0.3, -0.25) is 9.59 Å². The van der Waals surface area contributed by atoms with Crippen LogP contribution in [-0.4, -0.2) is 24.5 Å². The molecule has 0 unspecified atom stereocenters. The summed E-state index contributed by atoms with van der Waals surface area (Å²) in [5.41, 5.74) is 2.27. The molecule has 0 aliphatic carbocycles. The number of rotatable bonds is 8. The number of hydrogen-bond donors (Lipinski definition) is 2. The maximum Gasteiger partial charge on any atom is 0.248 e. The highest BCUT2D eigenvalue weighted by Crippen LogP contribution is 2.37. The van der Waals surface area contributed by atoms with Crippen LogP contribution in [0.25, 0.3) is 0 Å². The number of carbonyl (C=O) groups excluding carboxylic acids is 2. The van der Waals surface area contributed by atoms with Crippen molar-refractivity contribution in [2.75, 3.05) is 10.6 Å². The van der Waals surface area contributed by atoms with Gasteiger partial charge in [0.25, 0.3) is 0 Å². The first-order valence-electron chi connectivity index (χ1n) is 10.4. The van der Waals surface area contributed by atoms with Gasteiger partial charge in [-0.05, 0) is 47.9 Å². The van der Waals surface area contributed by atoms with Gasteiger partial charge in [0.05, 0.1) is 20.6 Å². The number of thiophene rings is 1. The van der Waals surface area contributed by atoms with Crippen LogP contribution in [-0.2, 0) is 39.1 Å². The van der Waals surface area contributed by atoms with E-state index in [4.69, 9.17) is 11.6 Å². The van der Waals surface area contributed by atoms with E-state index < -0.39 is 10.0 Å². The number of nitrogens with one attached hydrogen (secondary N) is 2. The van der Waals surface area contributed by atoms with E-state index in [1.165, 1.54) is 39.9 Å². The van der Waals surface area contributed by atoms with Crippen LogP contribution in [0.5, 0.6) is 0 Å². The highest BCUT2D eigenvalue weighted by Gasteiger charge is 2.32. The zero-order chi connectivity index (χ0) is 24.3. The summed E-state index contributed by atoms with van der Waals surface area (Å²) >= 11 is 7.65. The summed E-state index contributed by atoms with van der Waals surface area (Å²) in [6, 6.07) is 15.7. The fourth-order valence-corrected chi connectivity index (χ4v) is 6.45. The lowest BCUT2D eigenvalue weighted by Crippen LogP contribution is -2.25. The molecular weight excluding hydrogens is 494 g/mol. The smallest absolute Gasteiger partial charge is 0.248 e. The lowest BCUT2D eigenvalue weighted by Gasteiger charge is -2.17. The number of nitrogens with zero attached hydrogens (tertiary/aromatic N) is 1. The Morgan fingerprint density at radius 1 is 1.09 bits per heavy atom. The fourth-order valence-electron chi connectivity index (χ4n) is 3.57. The Morgan fingerprint density at radius 3 is 2.53 bits per heavy atom. The molecule has 0 fully saturated rings. The molecule has 0 saturated heterocycles. The molecule has 7 nitrogen and oxygen atoms in total. The van der Waals surface area contributed by atoms with Crippen molar-refractivity contribution in [3.63, 3.8) is 0 Å². The molecule has 0 atom stereocenters. The van der Waals surface area contributed by atoms with Gasteiger partial charge in [-0.25, -0.2) is 8.42 Å². The molecule has 34 heavy (non-hydrogen) atoms. The molecule has 1 aliphatic rings. The van der Waals surface area contributed by atoms with Crippen LogP contribution in [0.3, 0.4) is 0 Å². The van der Waals surface area contributed by atoms with Crippen molar-refractivity contribution in [3.05, 3.63) is 88.3 Å². The van der Waals surface area contributed by atoms with E-state index in [1.54, 1.807) is 6.07 Å². The number of halogens is 1. The van der Waals surface area contributed by atoms with Gasteiger partial charge in [-0.1, -0.05) is 48.5 Å². The molecule has 2 N–H and O–H groups in total. The van der Waals surface area contributed by atoms with Crippen LogP contribution >= 0.6 is 22.9 Å². The predicted octanol–water partition coefficient (Wildman–Crippen LogP) is 4.80. The molecule has 4 rings (SSSR count). The molecule has 0 bridgehead atoms. The number of benzene rings is 2. The number of fused-ring (bicyclic) bond motifs is 1. The average molecular weight is 516 g/mol. The second-order valence-electron chi connectivity index (χ2n) is 7.70. The second-order valence-corrected chi connectivity index (χ2v) is 11.2. The van der Waals surface area contributed by atoms with E-state index in [9.17, 15) is 18.0 Å². The summed E-state index contributed by atoms with van der Waals surface area (Å²) in [7, 11) is -3.79. The number of sulfonamides is 1. The molecule has 1 aliphatic heterocycles. The Labute approximate surface area is 207 Å². The summed E-state index contributed by atoms with van der Waals surface area (Å²) in [4.78, 5) is 24.7. The normalized spacial score (nSPS) is 13.3. The van der Waals surface area contributed by atoms with Gasteiger partial charge in [0.1, 0.15) is 0 Å². The van der Waals surface area contributed by atoms with Gasteiger partial charge in [0, 0.05) is 24.4 Å². The zero-order valence-electron chi connectivity index (χ0n) is 18.1. The number of aryl methyl sites for hydroxylation is 1. The highest BCUT2D eigenvalue weighted by molar-refractivity contribution is 7.89. The topological polar surface area (TPSA) is 95.6 Å². The summed E-state index contributed by atoms with van der Waals surface area (Å²) < 4.78 is 27.7. The SMILES string of the molecule is C=CC(=O)Nc1cc2c(s1)CN(S(=O)(=O)c1ccc(NC(=O)CCc3ccccc3)c(Cl)c1)C2. The Bertz CT molecular complexity index is 1330. The third-order valence-corrected chi connectivity index (χ3v) is 8.51. The van der Waals surface area contributed by atoms with E-state index in [0.717, 1.165) is 16.0 Å². The number of carbonyl (C=O) groups is 2. The first-order chi connectivity index (χ1) is 16.3. The number of hydrogen-bond acceptors (Lipinski definition) is 5. The van der Waals surface area contributed by atoms with Crippen LogP contribution in [0.2, 0.25) is 5.02 Å². The van der Waals surface area contributed by atoms with Crippen molar-refractivity contribution in [2.45, 2.75) is 30.8 Å². The third-order valence-electron chi connectivity index (χ3n) is 5.33. The molecule has 0 saturated carbocycles. The zero-order valence-corrected chi connectivity index (χ0v) is 20.5. The Morgan fingerprint density at radius 2 is 1.85 bits per heavy atom. The van der Waals surface area contributed by atoms with Crippen LogP contribution in [0, 0.1) is 0 Å². The molecule has 3 aromatic rings. The maximum absolute atomic E-state index is 13.2. The molecule has 2 aromatic carbocycles. The Kier molecular flexibility index (Phi) is 7.18. The van der Waals surface area contributed by atoms with Crippen molar-refractivity contribution < 1.29 is 18.0 Å². The minimum absolute atomic E-state index is 0.0510. The first kappa shape index (κ1) is 24.2. The van der Waals surface area contributed by atoms with Crippen molar-refractivity contribution in [2.24, 2.45) is 0 Å². The first-order valence-corrected chi connectivity index (χ1v) is 13.1. The molecule has 1 aromatic heterocycles. The monoisotopic (exact) mass is 515 g/mol. The molecule has 2 amide bonds. The molecular formula is C24H22ClN3O4S2. The summed E-state index contributed by atoms with van der Waals surface area (Å²) in [6.45, 7) is 3.83. The maximum atomic E-state index is 13.2. The Hall–Kier alpha value is -2.98. The van der Waals surface area contributed by atoms with E-state index >= 15 is 0 Å². The molecule has 0 radical (unpaired) electrons. The van der Waals surface area contributed by atoms with Crippen LogP contribution < -0.4 is 10.6 Å². The van der Waals surface area contributed by atoms with E-state index in [0.29, 0.717) is 17.1 Å². The van der Waals surface area contributed by atoms with Gasteiger partial charge in [-0.15, -0.1) is 11.3 Å². The minimum Gasteiger partial charge on any atom is -0.325 e. The van der Waals surface area contributed by atoms with Crippen molar-refractivity contribution in [1.29, 1.82) is 0 Å². The van der Waals surface area contributed by atoms with Crippen molar-refractivity contribution >= 4 is 55.5 Å². The number of anilines is 2. The lowest BCUT2D eigenvalue weighted by atomic mass is 10.1. The van der Waals surface area contributed by atoms with Crippen molar-refractivity contribution in [1.82, 2.24) is 4.31 Å². The second kappa shape index (κ2) is 10.1. The van der Waals surface area contributed by atoms with Crippen LogP contribution in [0.4, 0.5) is 10.7 Å². The lowest BCUT2D eigenvalue weighted by molar-refractivity contribution is -0.116. The quantitative estimate of drug-likeness (QED) is 0.421. The summed E-state index contributed by atoms with van der Waals surface area (Å²) in [5.74, 6) is -0.518. The standard InChI is InChI=1S/C24H22ClN3O4S2/c1-2-22(29)27-24-12-17-14-28(15-21(17)33-24)34(31,32)18-9-10-20(19(25)13-18)26-23(30)11-8-16-6-4-3-5-7-16/h2-7,9-10,12-13H,1,8,11,14-15H2,(H,26,30)(H,27,29). The molecule has 2 heterocycles. The van der Waals surface area contributed by atoms with Gasteiger partial charge in [0.15, 0.2) is 0 Å². The third kappa shape index (κ3) is 5.39. The number of amides is 2. The van der Waals surface area contributed by atoms with Gasteiger partial charge in [-0.2, -0.15) is 4.31 Å². The van der Waals surface area contributed by atoms with Gasteiger partial charge >= 0.3 is 0 Å². The van der Waals surface area contributed by atoms with Gasteiger partial charge < -0.3 is 10.6 Å². The molecule has 10 heteroatoms. The Balaban J connectivity index is 1.40. The van der Waals surface area contributed by atoms with E-state index in [1.807, 2.05) is 30.3 Å². The van der Waals surface area contributed by atoms with Crippen LogP contribution in [0.15, 0.2) is 72.1 Å². The molecule has 176 valence electrons. The molecule has 0 spiro atoms. The minimum atomic E-state index is -3.79. The average Bonchev–Trinajstić information content (AvgIpc) is 3.39. The summed E-state index contributed by atoms with van der Waals surface area (Å²) in [6.07, 6.45) is 2.06. The fraction of sp³-hybridized carbons (Fsp3) is 0.167. The van der Waals surface area contributed by atoms with Crippen molar-refractivity contribution in [3.8, 4) is 0 Å². The summed E-state index contributed by atoms with van der Waals surface area (Å²) in [5, 5.41) is 6.25. The van der Waals surface area contributed by atoms with Crippen LogP contribution in [0.1, 0.15) is 22.4 Å². The highest BCUT2D eigenvalue weighted by atomic mass is 35.5. The largest absolute Gasteiger partial charge is 0.325 e. The van der Waals surface area contributed by atoms with Gasteiger partial charge in [0.2, 0.25) is 21.8 Å². The van der Waals surface area contributed by atoms with E-state index in [-0.39, 0.29) is 41.2 Å².